The van der Waals surface area contributed by atoms with Crippen molar-refractivity contribution in [3.63, 3.8) is 0 Å². The van der Waals surface area contributed by atoms with E-state index in [1.807, 2.05) is 28.9 Å². The number of aromatic nitrogens is 2. The molecule has 1 aliphatic rings. The van der Waals surface area contributed by atoms with Crippen LogP contribution in [0.15, 0.2) is 36.5 Å². The fourth-order valence-electron chi connectivity index (χ4n) is 2.84. The zero-order valence-corrected chi connectivity index (χ0v) is 11.8. The third-order valence-electron chi connectivity index (χ3n) is 4.06. The molecule has 0 atom stereocenters. The van der Waals surface area contributed by atoms with Gasteiger partial charge in [0.15, 0.2) is 0 Å². The predicted molar refractivity (Wildman–Crippen MR) is 76.3 cm³/mol. The molecular formula is C16H18N2O2. The van der Waals surface area contributed by atoms with E-state index in [0.29, 0.717) is 0 Å². The number of carbonyl (C=O) groups is 1. The summed E-state index contributed by atoms with van der Waals surface area (Å²) in [5.41, 5.74) is 2.74. The fourth-order valence-corrected chi connectivity index (χ4v) is 2.84. The van der Waals surface area contributed by atoms with Crippen LogP contribution in [0.5, 0.6) is 0 Å². The molecular weight excluding hydrogens is 252 g/mol. The summed E-state index contributed by atoms with van der Waals surface area (Å²) in [5.74, 6) is -0.132. The van der Waals surface area contributed by atoms with Gasteiger partial charge in [-0.25, -0.2) is 0 Å². The molecule has 0 bridgehead atoms. The van der Waals surface area contributed by atoms with Crippen molar-refractivity contribution in [3.05, 3.63) is 42.1 Å². The largest absolute Gasteiger partial charge is 0.468 e. The van der Waals surface area contributed by atoms with Crippen LogP contribution >= 0.6 is 0 Å². The first kappa shape index (κ1) is 12.9. The average Bonchev–Trinajstić information content (AvgIpc) is 3.17. The van der Waals surface area contributed by atoms with Crippen molar-refractivity contribution in [1.29, 1.82) is 0 Å². The van der Waals surface area contributed by atoms with Crippen molar-refractivity contribution >= 4 is 5.97 Å². The Morgan fingerprint density at radius 3 is 2.75 bits per heavy atom. The second kappa shape index (κ2) is 4.78. The molecule has 1 fully saturated rings. The van der Waals surface area contributed by atoms with E-state index in [1.54, 1.807) is 6.20 Å². The van der Waals surface area contributed by atoms with Gasteiger partial charge in [0.05, 0.1) is 18.2 Å². The Kier molecular flexibility index (Phi) is 3.08. The van der Waals surface area contributed by atoms with Crippen molar-refractivity contribution in [2.45, 2.75) is 31.7 Å². The minimum Gasteiger partial charge on any atom is -0.468 e. The highest BCUT2D eigenvalue weighted by atomic mass is 16.5. The minimum absolute atomic E-state index is 0.132. The normalized spacial score (nSPS) is 15.9. The number of esters is 1. The lowest BCUT2D eigenvalue weighted by molar-refractivity contribution is -0.143. The molecule has 3 rings (SSSR count). The van der Waals surface area contributed by atoms with E-state index in [1.165, 1.54) is 7.11 Å². The molecule has 1 heterocycles. The second-order valence-corrected chi connectivity index (χ2v) is 5.15. The van der Waals surface area contributed by atoms with E-state index in [9.17, 15) is 4.79 Å². The SMILES string of the molecule is CCn1nccc1-c1ccccc1C1(C(=O)OC)CC1. The summed E-state index contributed by atoms with van der Waals surface area (Å²) in [5, 5.41) is 4.32. The summed E-state index contributed by atoms with van der Waals surface area (Å²) >= 11 is 0. The van der Waals surface area contributed by atoms with Gasteiger partial charge in [0.2, 0.25) is 0 Å². The van der Waals surface area contributed by atoms with Gasteiger partial charge in [-0.2, -0.15) is 5.10 Å². The number of nitrogens with zero attached hydrogens (tertiary/aromatic N) is 2. The number of rotatable bonds is 4. The molecule has 0 spiro atoms. The van der Waals surface area contributed by atoms with Gasteiger partial charge < -0.3 is 4.74 Å². The van der Waals surface area contributed by atoms with Gasteiger partial charge in [-0.15, -0.1) is 0 Å². The molecule has 0 aliphatic heterocycles. The van der Waals surface area contributed by atoms with Gasteiger partial charge >= 0.3 is 5.97 Å². The molecule has 0 N–H and O–H groups in total. The Hall–Kier alpha value is -2.10. The highest BCUT2D eigenvalue weighted by Crippen LogP contribution is 2.51. The van der Waals surface area contributed by atoms with E-state index in [0.717, 1.165) is 36.2 Å². The Balaban J connectivity index is 2.13. The first-order chi connectivity index (χ1) is 9.73. The van der Waals surface area contributed by atoms with Crippen LogP contribution in [0.3, 0.4) is 0 Å². The molecule has 4 nitrogen and oxygen atoms in total. The molecule has 0 radical (unpaired) electrons. The van der Waals surface area contributed by atoms with Gasteiger partial charge in [0, 0.05) is 18.3 Å². The van der Waals surface area contributed by atoms with E-state index in [2.05, 4.69) is 18.1 Å². The Labute approximate surface area is 118 Å². The molecule has 1 saturated carbocycles. The Bertz CT molecular complexity index is 641. The number of aryl methyl sites for hydroxylation is 1. The van der Waals surface area contributed by atoms with Crippen LogP contribution in [-0.2, 0) is 21.5 Å². The molecule has 1 aliphatic carbocycles. The average molecular weight is 270 g/mol. The topological polar surface area (TPSA) is 44.1 Å². The molecule has 2 aromatic rings. The maximum absolute atomic E-state index is 12.1. The zero-order chi connectivity index (χ0) is 14.2. The molecule has 104 valence electrons. The third kappa shape index (κ3) is 1.83. The smallest absolute Gasteiger partial charge is 0.316 e. The molecule has 0 saturated heterocycles. The molecule has 0 unspecified atom stereocenters. The highest BCUT2D eigenvalue weighted by Gasteiger charge is 2.53. The number of ether oxygens (including phenoxy) is 1. The summed E-state index contributed by atoms with van der Waals surface area (Å²) < 4.78 is 6.95. The van der Waals surface area contributed by atoms with Crippen LogP contribution in [-0.4, -0.2) is 22.9 Å². The highest BCUT2D eigenvalue weighted by molar-refractivity contribution is 5.89. The maximum atomic E-state index is 12.1. The van der Waals surface area contributed by atoms with Crippen LogP contribution in [0.2, 0.25) is 0 Å². The lowest BCUT2D eigenvalue weighted by Crippen LogP contribution is -2.22. The van der Waals surface area contributed by atoms with Crippen molar-refractivity contribution in [3.8, 4) is 11.3 Å². The van der Waals surface area contributed by atoms with Gasteiger partial charge in [-0.05, 0) is 31.4 Å². The number of benzene rings is 1. The summed E-state index contributed by atoms with van der Waals surface area (Å²) in [7, 11) is 1.46. The summed E-state index contributed by atoms with van der Waals surface area (Å²) in [6, 6.07) is 10.1. The lowest BCUT2D eigenvalue weighted by atomic mass is 9.90. The van der Waals surface area contributed by atoms with Gasteiger partial charge in [0.1, 0.15) is 0 Å². The third-order valence-corrected chi connectivity index (χ3v) is 4.06. The number of carbonyl (C=O) groups excluding carboxylic acids is 1. The van der Waals surface area contributed by atoms with Crippen molar-refractivity contribution in [1.82, 2.24) is 9.78 Å². The van der Waals surface area contributed by atoms with Crippen LogP contribution in [0.1, 0.15) is 25.3 Å². The molecule has 1 aromatic carbocycles. The van der Waals surface area contributed by atoms with Crippen LogP contribution < -0.4 is 0 Å². The van der Waals surface area contributed by atoms with E-state index in [4.69, 9.17) is 4.74 Å². The zero-order valence-electron chi connectivity index (χ0n) is 11.8. The first-order valence-electron chi connectivity index (χ1n) is 6.93. The van der Waals surface area contributed by atoms with Crippen LogP contribution in [0.4, 0.5) is 0 Å². The fraction of sp³-hybridized carbons (Fsp3) is 0.375. The standard InChI is InChI=1S/C16H18N2O2/c1-3-18-14(8-11-17-18)12-6-4-5-7-13(12)16(9-10-16)15(19)20-2/h4-8,11H,3,9-10H2,1-2H3. The van der Waals surface area contributed by atoms with Crippen LogP contribution in [0.25, 0.3) is 11.3 Å². The van der Waals surface area contributed by atoms with Crippen molar-refractivity contribution in [2.24, 2.45) is 0 Å². The Morgan fingerprint density at radius 1 is 1.35 bits per heavy atom. The molecule has 20 heavy (non-hydrogen) atoms. The summed E-state index contributed by atoms with van der Waals surface area (Å²) in [6.07, 6.45) is 3.52. The quantitative estimate of drug-likeness (QED) is 0.802. The predicted octanol–water partition coefficient (Wildman–Crippen LogP) is 2.77. The van der Waals surface area contributed by atoms with E-state index < -0.39 is 5.41 Å². The lowest BCUT2D eigenvalue weighted by Gasteiger charge is -2.18. The van der Waals surface area contributed by atoms with Gasteiger partial charge in [-0.1, -0.05) is 24.3 Å². The van der Waals surface area contributed by atoms with Crippen molar-refractivity contribution in [2.75, 3.05) is 7.11 Å². The minimum atomic E-state index is -0.450. The van der Waals surface area contributed by atoms with Crippen LogP contribution in [0, 0.1) is 0 Å². The molecule has 4 heteroatoms. The van der Waals surface area contributed by atoms with Gasteiger partial charge in [-0.3, -0.25) is 9.48 Å². The second-order valence-electron chi connectivity index (χ2n) is 5.15. The van der Waals surface area contributed by atoms with Crippen molar-refractivity contribution < 1.29 is 9.53 Å². The maximum Gasteiger partial charge on any atom is 0.316 e. The summed E-state index contributed by atoms with van der Waals surface area (Å²) in [4.78, 5) is 12.1. The first-order valence-corrected chi connectivity index (χ1v) is 6.93. The Morgan fingerprint density at radius 2 is 2.10 bits per heavy atom. The number of hydrogen-bond donors (Lipinski definition) is 0. The number of hydrogen-bond acceptors (Lipinski definition) is 3. The van der Waals surface area contributed by atoms with E-state index in [-0.39, 0.29) is 5.97 Å². The molecule has 0 amide bonds. The summed E-state index contributed by atoms with van der Waals surface area (Å²) in [6.45, 7) is 2.87. The monoisotopic (exact) mass is 270 g/mol. The molecule has 1 aromatic heterocycles. The van der Waals surface area contributed by atoms with Gasteiger partial charge in [0.25, 0.3) is 0 Å². The number of methoxy groups -OCH3 is 1. The van der Waals surface area contributed by atoms with E-state index >= 15 is 0 Å².